The lowest BCUT2D eigenvalue weighted by Gasteiger charge is -2.22. The van der Waals surface area contributed by atoms with Crippen LogP contribution in [0.4, 0.5) is 0 Å². The lowest BCUT2D eigenvalue weighted by Crippen LogP contribution is -2.36. The first-order valence-electron chi connectivity index (χ1n) is 5.80. The minimum absolute atomic E-state index is 0.0908. The zero-order valence-corrected chi connectivity index (χ0v) is 10.6. The first-order valence-corrected chi connectivity index (χ1v) is 5.80. The van der Waals surface area contributed by atoms with E-state index in [0.717, 1.165) is 0 Å². The van der Waals surface area contributed by atoms with Crippen molar-refractivity contribution in [1.29, 1.82) is 0 Å². The van der Waals surface area contributed by atoms with Crippen LogP contribution in [0.15, 0.2) is 10.6 Å². The van der Waals surface area contributed by atoms with Crippen LogP contribution in [-0.2, 0) is 4.79 Å². The van der Waals surface area contributed by atoms with Gasteiger partial charge in [0.15, 0.2) is 5.69 Å². The maximum atomic E-state index is 12.1. The Hall–Kier alpha value is -1.85. The predicted molar refractivity (Wildman–Crippen MR) is 62.1 cm³/mol. The largest absolute Gasteiger partial charge is 0.481 e. The van der Waals surface area contributed by atoms with Gasteiger partial charge in [0.25, 0.3) is 5.91 Å². The number of amides is 1. The summed E-state index contributed by atoms with van der Waals surface area (Å²) in [4.78, 5) is 24.9. The van der Waals surface area contributed by atoms with Crippen molar-refractivity contribution in [3.8, 4) is 0 Å². The third-order valence-corrected chi connectivity index (χ3v) is 3.72. The van der Waals surface area contributed by atoms with Crippen LogP contribution in [-0.4, -0.2) is 40.1 Å². The third-order valence-electron chi connectivity index (χ3n) is 3.72. The molecule has 1 N–H and O–H groups in total. The molecule has 1 aliphatic heterocycles. The van der Waals surface area contributed by atoms with Crippen molar-refractivity contribution in [3.05, 3.63) is 17.5 Å². The summed E-state index contributed by atoms with van der Waals surface area (Å²) >= 11 is 0. The fraction of sp³-hybridized carbons (Fsp3) is 0.583. The van der Waals surface area contributed by atoms with Crippen molar-refractivity contribution in [2.24, 2.45) is 11.3 Å². The molecular weight excluding hydrogens is 236 g/mol. The Morgan fingerprint density at radius 2 is 2.28 bits per heavy atom. The molecule has 1 aromatic heterocycles. The second kappa shape index (κ2) is 4.12. The van der Waals surface area contributed by atoms with E-state index >= 15 is 0 Å². The summed E-state index contributed by atoms with van der Waals surface area (Å²) in [7, 11) is 0. The predicted octanol–water partition coefficient (Wildman–Crippen LogP) is 1.17. The first-order chi connectivity index (χ1) is 8.34. The molecule has 2 heterocycles. The van der Waals surface area contributed by atoms with Crippen LogP contribution in [0.3, 0.4) is 0 Å². The number of hydrogen-bond acceptors (Lipinski definition) is 4. The summed E-state index contributed by atoms with van der Waals surface area (Å²) in [5.41, 5.74) is -0.664. The Bertz CT molecular complexity index is 496. The molecule has 0 unspecified atom stereocenters. The molecule has 1 fully saturated rings. The molecule has 98 valence electrons. The van der Waals surface area contributed by atoms with E-state index in [1.54, 1.807) is 19.9 Å². The molecule has 0 spiro atoms. The minimum Gasteiger partial charge on any atom is -0.481 e. The Balaban J connectivity index is 2.18. The van der Waals surface area contributed by atoms with E-state index in [9.17, 15) is 14.7 Å². The zero-order chi connectivity index (χ0) is 13.5. The van der Waals surface area contributed by atoms with Crippen molar-refractivity contribution < 1.29 is 19.2 Å². The van der Waals surface area contributed by atoms with Gasteiger partial charge in [-0.25, -0.2) is 0 Å². The summed E-state index contributed by atoms with van der Waals surface area (Å²) in [6, 6.07) is 1.56. The lowest BCUT2D eigenvalue weighted by molar-refractivity contribution is -0.148. The normalized spacial score (nSPS) is 27.5. The molecule has 2 atom stereocenters. The maximum absolute atomic E-state index is 12.1. The minimum atomic E-state index is -0.894. The fourth-order valence-electron chi connectivity index (χ4n) is 2.21. The van der Waals surface area contributed by atoms with Gasteiger partial charge in [-0.1, -0.05) is 12.1 Å². The second-order valence-corrected chi connectivity index (χ2v) is 5.13. The molecule has 0 radical (unpaired) electrons. The number of aliphatic carboxylic acids is 1. The van der Waals surface area contributed by atoms with Crippen molar-refractivity contribution in [2.75, 3.05) is 13.1 Å². The Morgan fingerprint density at radius 3 is 2.72 bits per heavy atom. The van der Waals surface area contributed by atoms with Crippen LogP contribution in [0.5, 0.6) is 0 Å². The van der Waals surface area contributed by atoms with Gasteiger partial charge in [0.1, 0.15) is 5.76 Å². The SMILES string of the molecule is Cc1cc(C(=O)N2C[C@@H](C)[C@](C)(C(=O)O)C2)no1. The van der Waals surface area contributed by atoms with E-state index in [-0.39, 0.29) is 24.1 Å². The summed E-state index contributed by atoms with van der Waals surface area (Å²) < 4.78 is 4.86. The van der Waals surface area contributed by atoms with E-state index < -0.39 is 11.4 Å². The highest BCUT2D eigenvalue weighted by Gasteiger charge is 2.48. The number of carboxylic acid groups (broad SMARTS) is 1. The Labute approximate surface area is 105 Å². The molecule has 0 bridgehead atoms. The van der Waals surface area contributed by atoms with Crippen molar-refractivity contribution in [3.63, 3.8) is 0 Å². The van der Waals surface area contributed by atoms with E-state index in [1.807, 2.05) is 6.92 Å². The number of rotatable bonds is 2. The molecule has 1 aliphatic rings. The monoisotopic (exact) mass is 252 g/mol. The van der Waals surface area contributed by atoms with E-state index in [1.165, 1.54) is 4.90 Å². The molecule has 0 aromatic carbocycles. The highest BCUT2D eigenvalue weighted by molar-refractivity contribution is 5.93. The van der Waals surface area contributed by atoms with Crippen LogP contribution in [0.25, 0.3) is 0 Å². The molecule has 18 heavy (non-hydrogen) atoms. The maximum Gasteiger partial charge on any atom is 0.311 e. The number of carbonyl (C=O) groups is 2. The van der Waals surface area contributed by atoms with Crippen LogP contribution in [0.1, 0.15) is 30.1 Å². The number of aromatic nitrogens is 1. The molecule has 0 aliphatic carbocycles. The Kier molecular flexibility index (Phi) is 2.88. The summed E-state index contributed by atoms with van der Waals surface area (Å²) in [6.07, 6.45) is 0. The fourth-order valence-corrected chi connectivity index (χ4v) is 2.21. The molecule has 2 rings (SSSR count). The molecule has 1 aromatic rings. The molecule has 1 saturated heterocycles. The van der Waals surface area contributed by atoms with Gasteiger partial charge >= 0.3 is 5.97 Å². The van der Waals surface area contributed by atoms with Crippen molar-refractivity contribution >= 4 is 11.9 Å². The number of carboxylic acids is 1. The molecule has 6 nitrogen and oxygen atoms in total. The number of likely N-dealkylation sites (tertiary alicyclic amines) is 1. The van der Waals surface area contributed by atoms with E-state index in [0.29, 0.717) is 12.3 Å². The third kappa shape index (κ3) is 1.87. The van der Waals surface area contributed by atoms with Crippen molar-refractivity contribution in [1.82, 2.24) is 10.1 Å². The number of nitrogens with zero attached hydrogens (tertiary/aromatic N) is 2. The van der Waals surface area contributed by atoms with Crippen LogP contribution in [0, 0.1) is 18.3 Å². The number of carbonyl (C=O) groups excluding carboxylic acids is 1. The average molecular weight is 252 g/mol. The average Bonchev–Trinajstić information content (AvgIpc) is 2.84. The first kappa shape index (κ1) is 12.6. The van der Waals surface area contributed by atoms with Gasteiger partial charge in [0, 0.05) is 19.2 Å². The highest BCUT2D eigenvalue weighted by Crippen LogP contribution is 2.36. The molecule has 6 heteroatoms. The lowest BCUT2D eigenvalue weighted by atomic mass is 9.81. The quantitative estimate of drug-likeness (QED) is 0.854. The van der Waals surface area contributed by atoms with Gasteiger partial charge in [-0.2, -0.15) is 0 Å². The standard InChI is InChI=1S/C12H16N2O4/c1-7-5-14(6-12(7,3)11(16)17)10(15)9-4-8(2)18-13-9/h4,7H,5-6H2,1-3H3,(H,16,17)/t7-,12-/m1/s1. The van der Waals surface area contributed by atoms with E-state index in [4.69, 9.17) is 4.52 Å². The topological polar surface area (TPSA) is 83.6 Å². The second-order valence-electron chi connectivity index (χ2n) is 5.13. The van der Waals surface area contributed by atoms with Gasteiger partial charge < -0.3 is 14.5 Å². The zero-order valence-electron chi connectivity index (χ0n) is 10.6. The van der Waals surface area contributed by atoms with Crippen LogP contribution >= 0.6 is 0 Å². The highest BCUT2D eigenvalue weighted by atomic mass is 16.5. The van der Waals surface area contributed by atoms with Gasteiger partial charge in [-0.15, -0.1) is 0 Å². The van der Waals surface area contributed by atoms with Crippen molar-refractivity contribution in [2.45, 2.75) is 20.8 Å². The van der Waals surface area contributed by atoms with Crippen LogP contribution < -0.4 is 0 Å². The number of hydrogen-bond donors (Lipinski definition) is 1. The molecular formula is C12H16N2O4. The van der Waals surface area contributed by atoms with Gasteiger partial charge in [-0.3, -0.25) is 9.59 Å². The smallest absolute Gasteiger partial charge is 0.311 e. The van der Waals surface area contributed by atoms with E-state index in [2.05, 4.69) is 5.16 Å². The van der Waals surface area contributed by atoms with Gasteiger partial charge in [-0.05, 0) is 19.8 Å². The van der Waals surface area contributed by atoms with Gasteiger partial charge in [0.2, 0.25) is 0 Å². The summed E-state index contributed by atoms with van der Waals surface area (Å²) in [5.74, 6) is -0.677. The molecule has 1 amide bonds. The summed E-state index contributed by atoms with van der Waals surface area (Å²) in [6.45, 7) is 5.84. The molecule has 0 saturated carbocycles. The Morgan fingerprint density at radius 1 is 1.61 bits per heavy atom. The number of aryl methyl sites for hydroxylation is 1. The van der Waals surface area contributed by atoms with Crippen LogP contribution in [0.2, 0.25) is 0 Å². The van der Waals surface area contributed by atoms with Gasteiger partial charge in [0.05, 0.1) is 5.41 Å². The summed E-state index contributed by atoms with van der Waals surface area (Å²) in [5, 5.41) is 12.9.